The molecule has 0 atom stereocenters. The summed E-state index contributed by atoms with van der Waals surface area (Å²) in [5, 5.41) is 14.6. The van der Waals surface area contributed by atoms with Crippen LogP contribution < -0.4 is 15.5 Å². The molecule has 11 heteroatoms. The number of hydrogen-bond acceptors (Lipinski definition) is 9. The standard InChI is InChI=1S/C18H13BrFN7O2/c1-28-14-7-2-10(8-13(14)19)9-21-25-16-15(22-12-5-3-11(20)4-6-12)23-17-18(24-16)27-29-26-17/h2-9H,1H3,(H,22,23,26)(H,24,25,27). The second kappa shape index (κ2) is 8.19. The number of benzene rings is 2. The molecule has 0 unspecified atom stereocenters. The molecule has 2 aromatic carbocycles. The number of rotatable bonds is 6. The second-order valence-corrected chi connectivity index (χ2v) is 6.58. The van der Waals surface area contributed by atoms with E-state index in [4.69, 9.17) is 4.74 Å². The molecule has 0 aliphatic heterocycles. The van der Waals surface area contributed by atoms with Gasteiger partial charge in [-0.05, 0) is 74.3 Å². The Labute approximate surface area is 172 Å². The summed E-state index contributed by atoms with van der Waals surface area (Å²) < 4.78 is 23.8. The van der Waals surface area contributed by atoms with Gasteiger partial charge >= 0.3 is 0 Å². The van der Waals surface area contributed by atoms with E-state index in [9.17, 15) is 4.39 Å². The van der Waals surface area contributed by atoms with Crippen molar-refractivity contribution in [2.45, 2.75) is 0 Å². The van der Waals surface area contributed by atoms with Crippen LogP contribution in [0.15, 0.2) is 56.7 Å². The average Bonchev–Trinajstić information content (AvgIpc) is 3.17. The number of hydrazone groups is 1. The molecule has 0 bridgehead atoms. The number of ether oxygens (including phenoxy) is 1. The quantitative estimate of drug-likeness (QED) is 0.328. The Hall–Kier alpha value is -3.60. The Kier molecular flexibility index (Phi) is 5.29. The fourth-order valence-electron chi connectivity index (χ4n) is 2.40. The van der Waals surface area contributed by atoms with Gasteiger partial charge in [-0.1, -0.05) is 0 Å². The van der Waals surface area contributed by atoms with Crippen molar-refractivity contribution in [2.24, 2.45) is 5.10 Å². The molecule has 0 spiro atoms. The smallest absolute Gasteiger partial charge is 0.245 e. The molecule has 2 aromatic heterocycles. The van der Waals surface area contributed by atoms with E-state index in [1.165, 1.54) is 12.1 Å². The van der Waals surface area contributed by atoms with Gasteiger partial charge in [0.15, 0.2) is 11.6 Å². The molecule has 4 rings (SSSR count). The summed E-state index contributed by atoms with van der Waals surface area (Å²) in [4.78, 5) is 8.62. The summed E-state index contributed by atoms with van der Waals surface area (Å²) in [7, 11) is 1.60. The molecule has 29 heavy (non-hydrogen) atoms. The van der Waals surface area contributed by atoms with Crippen molar-refractivity contribution >= 4 is 50.8 Å². The number of halogens is 2. The lowest BCUT2D eigenvalue weighted by Crippen LogP contribution is -2.03. The van der Waals surface area contributed by atoms with Crippen LogP contribution in [0.5, 0.6) is 5.75 Å². The van der Waals surface area contributed by atoms with Gasteiger partial charge in [0.25, 0.3) is 0 Å². The molecule has 0 fully saturated rings. The summed E-state index contributed by atoms with van der Waals surface area (Å²) in [6.45, 7) is 0. The Morgan fingerprint density at radius 2 is 1.79 bits per heavy atom. The lowest BCUT2D eigenvalue weighted by Gasteiger charge is -2.09. The Bertz CT molecular complexity index is 1180. The van der Waals surface area contributed by atoms with Crippen LogP contribution in [0.3, 0.4) is 0 Å². The van der Waals surface area contributed by atoms with Crippen LogP contribution in [-0.4, -0.2) is 33.6 Å². The Morgan fingerprint density at radius 3 is 2.48 bits per heavy atom. The summed E-state index contributed by atoms with van der Waals surface area (Å²) in [5.74, 6) is 0.997. The zero-order valence-electron chi connectivity index (χ0n) is 14.9. The van der Waals surface area contributed by atoms with Crippen LogP contribution in [0.2, 0.25) is 0 Å². The van der Waals surface area contributed by atoms with E-state index in [-0.39, 0.29) is 17.1 Å². The Morgan fingerprint density at radius 1 is 1.07 bits per heavy atom. The number of nitrogens with zero attached hydrogens (tertiary/aromatic N) is 5. The number of hydrogen-bond donors (Lipinski definition) is 2. The van der Waals surface area contributed by atoms with E-state index in [0.29, 0.717) is 17.3 Å². The molecule has 146 valence electrons. The van der Waals surface area contributed by atoms with Gasteiger partial charge in [0.2, 0.25) is 11.3 Å². The van der Waals surface area contributed by atoms with Crippen LogP contribution in [0, 0.1) is 5.82 Å². The van der Waals surface area contributed by atoms with Crippen molar-refractivity contribution < 1.29 is 13.8 Å². The van der Waals surface area contributed by atoms with Crippen LogP contribution in [0.1, 0.15) is 5.56 Å². The van der Waals surface area contributed by atoms with Crippen molar-refractivity contribution in [1.29, 1.82) is 0 Å². The molecule has 0 radical (unpaired) electrons. The van der Waals surface area contributed by atoms with Gasteiger partial charge in [-0.2, -0.15) is 10.1 Å². The first-order valence-corrected chi connectivity index (χ1v) is 9.07. The number of anilines is 3. The van der Waals surface area contributed by atoms with E-state index >= 15 is 0 Å². The highest BCUT2D eigenvalue weighted by Gasteiger charge is 2.13. The van der Waals surface area contributed by atoms with E-state index in [0.717, 1.165) is 15.8 Å². The van der Waals surface area contributed by atoms with Gasteiger partial charge in [-0.25, -0.2) is 14.0 Å². The molecule has 0 aliphatic rings. The van der Waals surface area contributed by atoms with E-state index in [1.54, 1.807) is 25.5 Å². The minimum atomic E-state index is -0.341. The van der Waals surface area contributed by atoms with Crippen molar-refractivity contribution in [3.63, 3.8) is 0 Å². The number of aromatic nitrogens is 4. The molecule has 2 heterocycles. The lowest BCUT2D eigenvalue weighted by molar-refractivity contribution is 0.314. The average molecular weight is 458 g/mol. The fourth-order valence-corrected chi connectivity index (χ4v) is 2.96. The largest absolute Gasteiger partial charge is 0.496 e. The molecule has 0 saturated heterocycles. The zero-order chi connectivity index (χ0) is 20.2. The maximum Gasteiger partial charge on any atom is 0.245 e. The van der Waals surface area contributed by atoms with Crippen LogP contribution in [-0.2, 0) is 0 Å². The lowest BCUT2D eigenvalue weighted by atomic mass is 10.2. The topological polar surface area (TPSA) is 110 Å². The minimum absolute atomic E-state index is 0.222. The second-order valence-electron chi connectivity index (χ2n) is 5.73. The van der Waals surface area contributed by atoms with E-state index in [2.05, 4.69) is 56.7 Å². The number of fused-ring (bicyclic) bond motifs is 1. The first-order valence-electron chi connectivity index (χ1n) is 8.28. The molecule has 2 N–H and O–H groups in total. The molecule has 0 saturated carbocycles. The van der Waals surface area contributed by atoms with Crippen LogP contribution >= 0.6 is 15.9 Å². The summed E-state index contributed by atoms with van der Waals surface area (Å²) in [5.41, 5.74) is 4.72. The highest BCUT2D eigenvalue weighted by molar-refractivity contribution is 9.10. The summed E-state index contributed by atoms with van der Waals surface area (Å²) in [6.07, 6.45) is 1.61. The fraction of sp³-hybridized carbons (Fsp3) is 0.0556. The normalized spacial score (nSPS) is 11.1. The van der Waals surface area contributed by atoms with Crippen molar-refractivity contribution in [3.05, 3.63) is 58.3 Å². The molecule has 4 aromatic rings. The minimum Gasteiger partial charge on any atom is -0.496 e. The van der Waals surface area contributed by atoms with E-state index < -0.39 is 0 Å². The third-order valence-electron chi connectivity index (χ3n) is 3.78. The molecular formula is C18H13BrFN7O2. The third-order valence-corrected chi connectivity index (χ3v) is 4.40. The van der Waals surface area contributed by atoms with Gasteiger partial charge in [-0.15, -0.1) is 0 Å². The van der Waals surface area contributed by atoms with Crippen molar-refractivity contribution in [2.75, 3.05) is 17.9 Å². The predicted molar refractivity (Wildman–Crippen MR) is 109 cm³/mol. The highest BCUT2D eigenvalue weighted by atomic mass is 79.9. The summed E-state index contributed by atoms with van der Waals surface area (Å²) >= 11 is 3.43. The maximum atomic E-state index is 13.1. The summed E-state index contributed by atoms with van der Waals surface area (Å²) in [6, 6.07) is 11.3. The molecule has 0 amide bonds. The number of methoxy groups -OCH3 is 1. The monoisotopic (exact) mass is 457 g/mol. The number of nitrogens with one attached hydrogen (secondary N) is 2. The zero-order valence-corrected chi connectivity index (χ0v) is 16.5. The predicted octanol–water partition coefficient (Wildman–Crippen LogP) is 4.11. The Balaban J connectivity index is 1.59. The van der Waals surface area contributed by atoms with Crippen LogP contribution in [0.4, 0.5) is 21.7 Å². The first kappa shape index (κ1) is 18.7. The van der Waals surface area contributed by atoms with Gasteiger partial charge in [0.05, 0.1) is 17.8 Å². The van der Waals surface area contributed by atoms with Gasteiger partial charge in [-0.3, -0.25) is 5.43 Å². The molecular weight excluding hydrogens is 445 g/mol. The third kappa shape index (κ3) is 4.29. The van der Waals surface area contributed by atoms with Crippen LogP contribution in [0.25, 0.3) is 11.3 Å². The van der Waals surface area contributed by atoms with Gasteiger partial charge < -0.3 is 10.1 Å². The molecule has 0 aliphatic carbocycles. The highest BCUT2D eigenvalue weighted by Crippen LogP contribution is 2.26. The van der Waals surface area contributed by atoms with Gasteiger partial charge in [0.1, 0.15) is 11.6 Å². The first-order chi connectivity index (χ1) is 14.1. The SMILES string of the molecule is COc1ccc(C=NNc2nc3nonc3nc2Nc2ccc(F)cc2)cc1Br. The van der Waals surface area contributed by atoms with Crippen molar-refractivity contribution in [1.82, 2.24) is 20.3 Å². The molecule has 9 nitrogen and oxygen atoms in total. The van der Waals surface area contributed by atoms with Crippen molar-refractivity contribution in [3.8, 4) is 5.75 Å². The maximum absolute atomic E-state index is 13.1. The van der Waals surface area contributed by atoms with Gasteiger partial charge in [0, 0.05) is 5.69 Å². The van der Waals surface area contributed by atoms with E-state index in [1.807, 2.05) is 18.2 Å².